The van der Waals surface area contributed by atoms with E-state index in [0.717, 1.165) is 21.3 Å². The van der Waals surface area contributed by atoms with Gasteiger partial charge in [-0.05, 0) is 68.3 Å². The van der Waals surface area contributed by atoms with Crippen molar-refractivity contribution in [1.82, 2.24) is 29.1 Å². The molecule has 0 aliphatic carbocycles. The molecule has 0 atom stereocenters. The van der Waals surface area contributed by atoms with Crippen LogP contribution < -0.4 is 11.0 Å². The number of aromatic nitrogens is 4. The average Bonchev–Trinajstić information content (AvgIpc) is 3.73. The average molecular weight is 744 g/mol. The SMILES string of the molecule is Cc1c(-c2ccnn2-c2ccc(C#N)cc2)n(C(=O)NC2CCN(C(=O)OCC[N+](C)(C)C)CC2)c(=O)n1-c1cccc(C(F)(F)F)c1.c1ccccc1. The zero-order valence-electron chi connectivity index (χ0n) is 30.5. The first-order valence-corrected chi connectivity index (χ1v) is 17.3. The Bertz CT molecular complexity index is 2130. The van der Waals surface area contributed by atoms with Crippen LogP contribution in [0.5, 0.6) is 0 Å². The maximum atomic E-state index is 14.0. The predicted molar refractivity (Wildman–Crippen MR) is 196 cm³/mol. The third-order valence-electron chi connectivity index (χ3n) is 8.78. The molecule has 0 unspecified atom stereocenters. The van der Waals surface area contributed by atoms with E-state index in [0.29, 0.717) is 53.9 Å². The number of quaternary nitrogens is 1. The molecule has 1 fully saturated rings. The van der Waals surface area contributed by atoms with Gasteiger partial charge >= 0.3 is 24.0 Å². The number of rotatable bonds is 7. The Labute approximate surface area is 310 Å². The van der Waals surface area contributed by atoms with Crippen molar-refractivity contribution in [3.05, 3.63) is 124 Å². The number of carbonyl (C=O) groups is 2. The molecule has 3 heterocycles. The molecule has 1 aliphatic rings. The van der Waals surface area contributed by atoms with E-state index < -0.39 is 35.6 Å². The molecular weight excluding hydrogens is 701 g/mol. The number of hydrogen-bond donors (Lipinski definition) is 1. The first-order chi connectivity index (χ1) is 25.7. The standard InChI is InChI=1S/C33H35F3N8O4.C6H6/c1-22-29(28-12-15-38-43(28)26-10-8-23(21-37)9-11-26)42(31(46)41(22)27-7-5-6-24(20-27)33(34,35)36)30(45)39-25-13-16-40(17-14-25)32(47)48-19-18-44(2,3)4;1-2-4-6-5-3-1/h5-12,15,20,25H,13-14,16-19H2,1-4H3;1-6H/p+1. The lowest BCUT2D eigenvalue weighted by Gasteiger charge is -2.32. The molecule has 12 nitrogen and oxygen atoms in total. The van der Waals surface area contributed by atoms with Gasteiger partial charge in [-0.15, -0.1) is 0 Å². The molecule has 5 aromatic rings. The Morgan fingerprint density at radius 2 is 1.57 bits per heavy atom. The number of nitrogens with zero attached hydrogens (tertiary/aromatic N) is 7. The smallest absolute Gasteiger partial charge is 0.416 e. The van der Waals surface area contributed by atoms with E-state index >= 15 is 0 Å². The lowest BCUT2D eigenvalue weighted by Crippen LogP contribution is -2.49. The highest BCUT2D eigenvalue weighted by Gasteiger charge is 2.33. The van der Waals surface area contributed by atoms with E-state index in [4.69, 9.17) is 4.74 Å². The Hall–Kier alpha value is -6.14. The van der Waals surface area contributed by atoms with Gasteiger partial charge in [0, 0.05) is 19.1 Å². The molecule has 0 bridgehead atoms. The van der Waals surface area contributed by atoms with Crippen LogP contribution in [0, 0.1) is 18.3 Å². The van der Waals surface area contributed by atoms with Crippen LogP contribution in [0.1, 0.15) is 29.7 Å². The number of nitriles is 1. The summed E-state index contributed by atoms with van der Waals surface area (Å²) in [6.07, 6.45) is -2.82. The Morgan fingerprint density at radius 1 is 0.944 bits per heavy atom. The van der Waals surface area contributed by atoms with Crippen molar-refractivity contribution in [2.75, 3.05) is 47.4 Å². The number of piperidine rings is 1. The number of halogens is 3. The molecule has 2 aromatic heterocycles. The van der Waals surface area contributed by atoms with Crippen LogP contribution in [0.4, 0.5) is 22.8 Å². The molecule has 0 spiro atoms. The van der Waals surface area contributed by atoms with Crippen LogP contribution in [0.3, 0.4) is 0 Å². The monoisotopic (exact) mass is 743 g/mol. The number of hydrogen-bond acceptors (Lipinski definition) is 6. The second-order valence-corrected chi connectivity index (χ2v) is 13.7. The van der Waals surface area contributed by atoms with Gasteiger partial charge in [0.1, 0.15) is 18.8 Å². The summed E-state index contributed by atoms with van der Waals surface area (Å²) in [7, 11) is 5.98. The first kappa shape index (κ1) is 39.1. The number of likely N-dealkylation sites (tertiary alicyclic amines) is 1. The van der Waals surface area contributed by atoms with Crippen LogP contribution in [0.15, 0.2) is 102 Å². The summed E-state index contributed by atoms with van der Waals surface area (Å²) in [5.74, 6) is 0. The number of ether oxygens (including phenoxy) is 1. The first-order valence-electron chi connectivity index (χ1n) is 17.3. The summed E-state index contributed by atoms with van der Waals surface area (Å²) in [6.45, 7) is 3.11. The summed E-state index contributed by atoms with van der Waals surface area (Å²) >= 11 is 0. The van der Waals surface area contributed by atoms with Gasteiger partial charge in [0.05, 0.1) is 67.3 Å². The topological polar surface area (TPSA) is 127 Å². The predicted octanol–water partition coefficient (Wildman–Crippen LogP) is 6.24. The molecular formula is C39H42F3N8O4+. The molecule has 1 saturated heterocycles. The molecule has 15 heteroatoms. The second kappa shape index (κ2) is 16.7. The van der Waals surface area contributed by atoms with Gasteiger partial charge < -0.3 is 19.4 Å². The summed E-state index contributed by atoms with van der Waals surface area (Å²) in [5.41, 5.74) is -0.297. The van der Waals surface area contributed by atoms with Crippen LogP contribution in [-0.4, -0.2) is 93.8 Å². The molecule has 3 aromatic carbocycles. The zero-order chi connectivity index (χ0) is 39.0. The van der Waals surface area contributed by atoms with Gasteiger partial charge in [-0.25, -0.2) is 23.6 Å². The number of imidazole rings is 1. The molecule has 1 aliphatic heterocycles. The summed E-state index contributed by atoms with van der Waals surface area (Å²) in [6, 6.07) is 25.3. The Balaban J connectivity index is 0.000000850. The Kier molecular flexibility index (Phi) is 12.1. The van der Waals surface area contributed by atoms with Crippen molar-refractivity contribution in [2.45, 2.75) is 32.0 Å². The number of alkyl halides is 3. The molecule has 0 saturated carbocycles. The van der Waals surface area contributed by atoms with Gasteiger partial charge in [-0.2, -0.15) is 23.5 Å². The minimum Gasteiger partial charge on any atom is -0.443 e. The van der Waals surface area contributed by atoms with Crippen LogP contribution in [0.25, 0.3) is 22.8 Å². The number of nitrogens with one attached hydrogen (secondary N) is 1. The van der Waals surface area contributed by atoms with E-state index in [1.165, 1.54) is 23.0 Å². The van der Waals surface area contributed by atoms with Gasteiger partial charge in [0.15, 0.2) is 0 Å². The quantitative estimate of drug-likeness (QED) is 0.197. The maximum absolute atomic E-state index is 14.0. The second-order valence-electron chi connectivity index (χ2n) is 13.7. The third kappa shape index (κ3) is 9.44. The van der Waals surface area contributed by atoms with E-state index in [9.17, 15) is 32.8 Å². The number of benzene rings is 3. The minimum absolute atomic E-state index is 0.0679. The third-order valence-corrected chi connectivity index (χ3v) is 8.78. The van der Waals surface area contributed by atoms with Crippen molar-refractivity contribution < 1.29 is 32.0 Å². The largest absolute Gasteiger partial charge is 0.443 e. The van der Waals surface area contributed by atoms with Gasteiger partial charge in [0.25, 0.3) is 0 Å². The molecule has 2 amide bonds. The lowest BCUT2D eigenvalue weighted by atomic mass is 10.1. The lowest BCUT2D eigenvalue weighted by molar-refractivity contribution is -0.870. The minimum atomic E-state index is -4.66. The molecule has 0 radical (unpaired) electrons. The van der Waals surface area contributed by atoms with Gasteiger partial charge in [-0.3, -0.25) is 4.57 Å². The fourth-order valence-corrected chi connectivity index (χ4v) is 5.91. The maximum Gasteiger partial charge on any atom is 0.416 e. The van der Waals surface area contributed by atoms with E-state index in [1.54, 1.807) is 42.2 Å². The summed E-state index contributed by atoms with van der Waals surface area (Å²) in [5, 5.41) is 16.5. The highest BCUT2D eigenvalue weighted by Crippen LogP contribution is 2.32. The van der Waals surface area contributed by atoms with E-state index in [-0.39, 0.29) is 23.7 Å². The van der Waals surface area contributed by atoms with Crippen LogP contribution in [-0.2, 0) is 10.9 Å². The number of likely N-dealkylation sites (N-methyl/N-ethyl adjacent to an activating group) is 1. The van der Waals surface area contributed by atoms with Crippen LogP contribution >= 0.6 is 0 Å². The van der Waals surface area contributed by atoms with Gasteiger partial charge in [0.2, 0.25) is 0 Å². The fraction of sp³-hybridized carbons (Fsp3) is 0.308. The fourth-order valence-electron chi connectivity index (χ4n) is 5.91. The zero-order valence-corrected chi connectivity index (χ0v) is 30.5. The van der Waals surface area contributed by atoms with Crippen molar-refractivity contribution in [3.63, 3.8) is 0 Å². The summed E-state index contributed by atoms with van der Waals surface area (Å²) < 4.78 is 50.4. The van der Waals surface area contributed by atoms with Gasteiger partial charge in [-0.1, -0.05) is 42.5 Å². The molecule has 54 heavy (non-hydrogen) atoms. The molecule has 6 rings (SSSR count). The molecule has 1 N–H and O–H groups in total. The normalized spacial score (nSPS) is 13.4. The summed E-state index contributed by atoms with van der Waals surface area (Å²) in [4.78, 5) is 42.1. The van der Waals surface area contributed by atoms with E-state index in [1.807, 2.05) is 63.6 Å². The van der Waals surface area contributed by atoms with Crippen molar-refractivity contribution in [2.24, 2.45) is 0 Å². The van der Waals surface area contributed by atoms with Crippen LogP contribution in [0.2, 0.25) is 0 Å². The van der Waals surface area contributed by atoms with Crippen molar-refractivity contribution in [3.8, 4) is 28.8 Å². The van der Waals surface area contributed by atoms with Crippen molar-refractivity contribution >= 4 is 12.1 Å². The number of amides is 2. The number of carbonyl (C=O) groups excluding carboxylic acids is 2. The Morgan fingerprint density at radius 3 is 2.15 bits per heavy atom. The van der Waals surface area contributed by atoms with Crippen molar-refractivity contribution in [1.29, 1.82) is 5.26 Å². The molecule has 282 valence electrons. The highest BCUT2D eigenvalue weighted by molar-refractivity contribution is 5.83. The highest BCUT2D eigenvalue weighted by atomic mass is 19.4. The van der Waals surface area contributed by atoms with E-state index in [2.05, 4.69) is 10.4 Å².